The SMILES string of the molecule is O=C(NOCc1ccccc1)N[C@@H]1CCCN(c2ncccn2)C1. The third-order valence-electron chi connectivity index (χ3n) is 3.84. The van der Waals surface area contributed by atoms with Crippen LogP contribution >= 0.6 is 0 Å². The van der Waals surface area contributed by atoms with Crippen molar-refractivity contribution in [1.82, 2.24) is 20.8 Å². The molecule has 7 heteroatoms. The van der Waals surface area contributed by atoms with Crippen LogP contribution < -0.4 is 15.7 Å². The summed E-state index contributed by atoms with van der Waals surface area (Å²) in [6.45, 7) is 1.92. The Balaban J connectivity index is 1.42. The van der Waals surface area contributed by atoms with Gasteiger partial charge in [-0.2, -0.15) is 0 Å². The van der Waals surface area contributed by atoms with Gasteiger partial charge in [0.25, 0.3) is 0 Å². The minimum absolute atomic E-state index is 0.0443. The summed E-state index contributed by atoms with van der Waals surface area (Å²) in [7, 11) is 0. The zero-order valence-corrected chi connectivity index (χ0v) is 13.4. The summed E-state index contributed by atoms with van der Waals surface area (Å²) in [5.41, 5.74) is 3.44. The second-order valence-corrected chi connectivity index (χ2v) is 5.68. The molecule has 24 heavy (non-hydrogen) atoms. The summed E-state index contributed by atoms with van der Waals surface area (Å²) in [6.07, 6.45) is 5.36. The lowest BCUT2D eigenvalue weighted by Gasteiger charge is -2.32. The molecule has 0 bridgehead atoms. The Hall–Kier alpha value is -2.67. The van der Waals surface area contributed by atoms with Crippen LogP contribution in [0.5, 0.6) is 0 Å². The monoisotopic (exact) mass is 327 g/mol. The number of carbonyl (C=O) groups excluding carboxylic acids is 1. The van der Waals surface area contributed by atoms with Gasteiger partial charge in [-0.15, -0.1) is 0 Å². The molecule has 2 amide bonds. The number of urea groups is 1. The van der Waals surface area contributed by atoms with E-state index in [1.165, 1.54) is 0 Å². The molecule has 2 aromatic rings. The van der Waals surface area contributed by atoms with E-state index in [1.54, 1.807) is 18.5 Å². The third kappa shape index (κ3) is 4.66. The van der Waals surface area contributed by atoms with Crippen molar-refractivity contribution in [2.75, 3.05) is 18.0 Å². The number of carbonyl (C=O) groups is 1. The highest BCUT2D eigenvalue weighted by Gasteiger charge is 2.22. The number of hydroxylamine groups is 1. The Morgan fingerprint density at radius 3 is 2.79 bits per heavy atom. The van der Waals surface area contributed by atoms with Crippen LogP contribution in [0, 0.1) is 0 Å². The summed E-state index contributed by atoms with van der Waals surface area (Å²) in [5.74, 6) is 0.699. The van der Waals surface area contributed by atoms with Crippen molar-refractivity contribution in [3.63, 3.8) is 0 Å². The van der Waals surface area contributed by atoms with Gasteiger partial charge >= 0.3 is 6.03 Å². The van der Waals surface area contributed by atoms with E-state index in [1.807, 2.05) is 30.3 Å². The minimum atomic E-state index is -0.327. The van der Waals surface area contributed by atoms with Crippen molar-refractivity contribution in [1.29, 1.82) is 0 Å². The highest BCUT2D eigenvalue weighted by molar-refractivity contribution is 5.73. The second kappa shape index (κ2) is 8.26. The molecule has 1 fully saturated rings. The van der Waals surface area contributed by atoms with Crippen LogP contribution in [-0.4, -0.2) is 35.1 Å². The van der Waals surface area contributed by atoms with Crippen LogP contribution in [0.1, 0.15) is 18.4 Å². The molecule has 0 aliphatic carbocycles. The van der Waals surface area contributed by atoms with Gasteiger partial charge in [0.15, 0.2) is 0 Å². The predicted octanol–water partition coefficient (Wildman–Crippen LogP) is 1.88. The lowest BCUT2D eigenvalue weighted by atomic mass is 10.1. The Morgan fingerprint density at radius 1 is 1.21 bits per heavy atom. The first-order chi connectivity index (χ1) is 11.8. The van der Waals surface area contributed by atoms with Crippen molar-refractivity contribution in [3.8, 4) is 0 Å². The number of rotatable bonds is 5. The minimum Gasteiger partial charge on any atom is -0.339 e. The normalized spacial score (nSPS) is 17.3. The second-order valence-electron chi connectivity index (χ2n) is 5.68. The van der Waals surface area contributed by atoms with E-state index >= 15 is 0 Å². The van der Waals surface area contributed by atoms with E-state index in [4.69, 9.17) is 4.84 Å². The van der Waals surface area contributed by atoms with Gasteiger partial charge in [-0.05, 0) is 24.5 Å². The number of anilines is 1. The van der Waals surface area contributed by atoms with E-state index in [2.05, 4.69) is 25.7 Å². The van der Waals surface area contributed by atoms with Gasteiger partial charge in [-0.3, -0.25) is 4.84 Å². The average Bonchev–Trinajstić information content (AvgIpc) is 2.63. The average molecular weight is 327 g/mol. The molecule has 0 unspecified atom stereocenters. The zero-order chi connectivity index (χ0) is 16.6. The van der Waals surface area contributed by atoms with Crippen LogP contribution in [0.4, 0.5) is 10.7 Å². The molecule has 0 spiro atoms. The molecule has 1 atom stereocenters. The fourth-order valence-corrected chi connectivity index (χ4v) is 2.71. The lowest BCUT2D eigenvalue weighted by molar-refractivity contribution is 0.0479. The Bertz CT molecular complexity index is 638. The van der Waals surface area contributed by atoms with Crippen LogP contribution in [0.3, 0.4) is 0 Å². The molecular formula is C17H21N5O2. The summed E-state index contributed by atoms with van der Waals surface area (Å²) >= 11 is 0. The molecule has 1 aliphatic heterocycles. The topological polar surface area (TPSA) is 79.4 Å². The molecule has 1 aromatic carbocycles. The van der Waals surface area contributed by atoms with Crippen molar-refractivity contribution < 1.29 is 9.63 Å². The van der Waals surface area contributed by atoms with Gasteiger partial charge in [0.05, 0.1) is 6.61 Å². The molecule has 0 saturated carbocycles. The zero-order valence-electron chi connectivity index (χ0n) is 13.4. The number of piperidine rings is 1. The first-order valence-electron chi connectivity index (χ1n) is 8.05. The largest absolute Gasteiger partial charge is 0.339 e. The summed E-state index contributed by atoms with van der Waals surface area (Å²) in [5, 5.41) is 2.93. The van der Waals surface area contributed by atoms with Crippen molar-refractivity contribution in [3.05, 3.63) is 54.4 Å². The number of hydrogen-bond acceptors (Lipinski definition) is 5. The molecule has 2 heterocycles. The van der Waals surface area contributed by atoms with Crippen molar-refractivity contribution in [2.24, 2.45) is 0 Å². The lowest BCUT2D eigenvalue weighted by Crippen LogP contribution is -2.50. The quantitative estimate of drug-likeness (QED) is 0.820. The van der Waals surface area contributed by atoms with Gasteiger partial charge < -0.3 is 10.2 Å². The summed E-state index contributed by atoms with van der Waals surface area (Å²) in [6, 6.07) is 11.2. The number of nitrogens with one attached hydrogen (secondary N) is 2. The predicted molar refractivity (Wildman–Crippen MR) is 90.2 cm³/mol. The number of nitrogens with zero attached hydrogens (tertiary/aromatic N) is 3. The van der Waals surface area contributed by atoms with Crippen LogP contribution in [0.2, 0.25) is 0 Å². The number of benzene rings is 1. The number of amides is 2. The maximum absolute atomic E-state index is 11.9. The van der Waals surface area contributed by atoms with Crippen LogP contribution in [0.25, 0.3) is 0 Å². The van der Waals surface area contributed by atoms with E-state index in [0.29, 0.717) is 19.1 Å². The number of aromatic nitrogens is 2. The molecule has 1 saturated heterocycles. The van der Waals surface area contributed by atoms with Gasteiger partial charge in [-0.25, -0.2) is 20.2 Å². The standard InChI is InChI=1S/C17H21N5O2/c23-17(21-24-13-14-6-2-1-3-7-14)20-15-8-4-11-22(12-15)16-18-9-5-10-19-16/h1-3,5-7,9-10,15H,4,8,11-13H2,(H2,20,21,23)/t15-/m1/s1. The van der Waals surface area contributed by atoms with E-state index in [-0.39, 0.29) is 12.1 Å². The molecule has 7 nitrogen and oxygen atoms in total. The fraction of sp³-hybridized carbons (Fsp3) is 0.353. The molecule has 126 valence electrons. The smallest absolute Gasteiger partial charge is 0.338 e. The first kappa shape index (κ1) is 16.2. The maximum atomic E-state index is 11.9. The molecule has 0 radical (unpaired) electrons. The molecule has 3 rings (SSSR count). The Labute approximate surface area is 141 Å². The fourth-order valence-electron chi connectivity index (χ4n) is 2.71. The molecular weight excluding hydrogens is 306 g/mol. The molecule has 1 aliphatic rings. The van der Waals surface area contributed by atoms with Gasteiger partial charge in [0.2, 0.25) is 5.95 Å². The van der Waals surface area contributed by atoms with E-state index in [9.17, 15) is 4.79 Å². The van der Waals surface area contributed by atoms with Crippen molar-refractivity contribution >= 4 is 12.0 Å². The highest BCUT2D eigenvalue weighted by atomic mass is 16.7. The molecule has 1 aromatic heterocycles. The Kier molecular flexibility index (Phi) is 5.57. The summed E-state index contributed by atoms with van der Waals surface area (Å²) in [4.78, 5) is 27.8. The molecule has 2 N–H and O–H groups in total. The van der Waals surface area contributed by atoms with Gasteiger partial charge in [-0.1, -0.05) is 30.3 Å². The highest BCUT2D eigenvalue weighted by Crippen LogP contribution is 2.15. The Morgan fingerprint density at radius 2 is 2.00 bits per heavy atom. The number of hydrogen-bond donors (Lipinski definition) is 2. The van der Waals surface area contributed by atoms with Crippen molar-refractivity contribution in [2.45, 2.75) is 25.5 Å². The van der Waals surface area contributed by atoms with Gasteiger partial charge in [0.1, 0.15) is 0 Å². The first-order valence-corrected chi connectivity index (χ1v) is 8.05. The van der Waals surface area contributed by atoms with Crippen LogP contribution in [0.15, 0.2) is 48.8 Å². The summed E-state index contributed by atoms with van der Waals surface area (Å²) < 4.78 is 0. The van der Waals surface area contributed by atoms with E-state index < -0.39 is 0 Å². The van der Waals surface area contributed by atoms with Crippen LogP contribution in [-0.2, 0) is 11.4 Å². The van der Waals surface area contributed by atoms with Gasteiger partial charge in [0, 0.05) is 31.5 Å². The third-order valence-corrected chi connectivity index (χ3v) is 3.84. The van der Waals surface area contributed by atoms with E-state index in [0.717, 1.165) is 24.9 Å². The maximum Gasteiger partial charge on any atom is 0.338 e.